The molecule has 0 spiro atoms. The lowest BCUT2D eigenvalue weighted by molar-refractivity contribution is 0.0186. The molecule has 1 saturated carbocycles. The van der Waals surface area contributed by atoms with Crippen molar-refractivity contribution in [2.24, 2.45) is 22.6 Å². The molecule has 4 nitrogen and oxygen atoms in total. The van der Waals surface area contributed by atoms with Gasteiger partial charge in [0.1, 0.15) is 0 Å². The maximum atomic E-state index is 10.3. The van der Waals surface area contributed by atoms with Gasteiger partial charge in [-0.15, -0.1) is 0 Å². The standard InChI is InChI=1S/C12H25N3O/c1-9(2)7-14-11(13)15-8-12(16)6-4-5-10(12)3/h9-10,16H,4-8H2,1-3H3,(H3,13,14,15). The zero-order chi connectivity index (χ0) is 12.2. The third kappa shape index (κ3) is 3.67. The number of nitrogens with zero attached hydrogens (tertiary/aromatic N) is 1. The molecule has 0 aliphatic heterocycles. The largest absolute Gasteiger partial charge is 0.388 e. The van der Waals surface area contributed by atoms with Gasteiger partial charge in [-0.2, -0.15) is 0 Å². The summed E-state index contributed by atoms with van der Waals surface area (Å²) in [6.07, 6.45) is 3.02. The highest BCUT2D eigenvalue weighted by atomic mass is 16.3. The maximum Gasteiger partial charge on any atom is 0.188 e. The number of rotatable bonds is 4. The maximum absolute atomic E-state index is 10.3. The van der Waals surface area contributed by atoms with Crippen molar-refractivity contribution in [3.05, 3.63) is 0 Å². The molecule has 0 amide bonds. The molecule has 0 radical (unpaired) electrons. The first-order valence-corrected chi connectivity index (χ1v) is 6.20. The molecular weight excluding hydrogens is 202 g/mol. The van der Waals surface area contributed by atoms with Gasteiger partial charge in [0.25, 0.3) is 0 Å². The lowest BCUT2D eigenvalue weighted by atomic mass is 9.93. The van der Waals surface area contributed by atoms with Crippen LogP contribution in [0, 0.1) is 11.8 Å². The van der Waals surface area contributed by atoms with E-state index < -0.39 is 5.60 Å². The molecular formula is C12H25N3O. The summed E-state index contributed by atoms with van der Waals surface area (Å²) >= 11 is 0. The van der Waals surface area contributed by atoms with E-state index >= 15 is 0 Å². The fourth-order valence-electron chi connectivity index (χ4n) is 2.05. The molecule has 0 aromatic heterocycles. The zero-order valence-corrected chi connectivity index (χ0v) is 10.7. The Hall–Kier alpha value is -0.770. The van der Waals surface area contributed by atoms with Gasteiger partial charge < -0.3 is 16.2 Å². The monoisotopic (exact) mass is 227 g/mol. The smallest absolute Gasteiger partial charge is 0.188 e. The molecule has 4 N–H and O–H groups in total. The molecule has 1 rings (SSSR count). The zero-order valence-electron chi connectivity index (χ0n) is 10.7. The van der Waals surface area contributed by atoms with Crippen molar-refractivity contribution in [1.82, 2.24) is 5.32 Å². The van der Waals surface area contributed by atoms with Gasteiger partial charge in [0.15, 0.2) is 5.96 Å². The van der Waals surface area contributed by atoms with Gasteiger partial charge >= 0.3 is 0 Å². The van der Waals surface area contributed by atoms with Crippen molar-refractivity contribution in [2.75, 3.05) is 13.1 Å². The average molecular weight is 227 g/mol. The Labute approximate surface area is 98.3 Å². The van der Waals surface area contributed by atoms with Crippen molar-refractivity contribution >= 4 is 5.96 Å². The Balaban J connectivity index is 2.39. The summed E-state index contributed by atoms with van der Waals surface area (Å²) in [4.78, 5) is 4.23. The lowest BCUT2D eigenvalue weighted by Gasteiger charge is -2.25. The van der Waals surface area contributed by atoms with Crippen LogP contribution in [0.25, 0.3) is 0 Å². The average Bonchev–Trinajstić information content (AvgIpc) is 2.54. The molecule has 0 heterocycles. The summed E-state index contributed by atoms with van der Waals surface area (Å²) in [7, 11) is 0. The first-order valence-electron chi connectivity index (χ1n) is 6.20. The normalized spacial score (nSPS) is 31.1. The number of aliphatic imine (C=N–C) groups is 1. The Morgan fingerprint density at radius 3 is 2.81 bits per heavy atom. The molecule has 2 atom stereocenters. The first kappa shape index (κ1) is 13.3. The Kier molecular flexibility index (Phi) is 4.59. The number of hydrogen-bond acceptors (Lipinski definition) is 2. The van der Waals surface area contributed by atoms with E-state index in [9.17, 15) is 5.11 Å². The minimum absolute atomic E-state index is 0.328. The number of guanidine groups is 1. The molecule has 1 aliphatic carbocycles. The van der Waals surface area contributed by atoms with Crippen molar-refractivity contribution in [3.8, 4) is 0 Å². The van der Waals surface area contributed by atoms with Crippen LogP contribution in [-0.4, -0.2) is 29.8 Å². The van der Waals surface area contributed by atoms with E-state index in [1.165, 1.54) is 0 Å². The number of hydrogen-bond donors (Lipinski definition) is 3. The SMILES string of the molecule is CC(C)CNC(N)=NCC1(O)CCCC1C. The van der Waals surface area contributed by atoms with Gasteiger partial charge in [-0.25, -0.2) is 0 Å². The van der Waals surface area contributed by atoms with E-state index in [0.717, 1.165) is 25.8 Å². The van der Waals surface area contributed by atoms with Crippen LogP contribution in [0.2, 0.25) is 0 Å². The number of nitrogens with two attached hydrogens (primary N) is 1. The molecule has 0 aromatic carbocycles. The van der Waals surface area contributed by atoms with E-state index in [1.54, 1.807) is 0 Å². The van der Waals surface area contributed by atoms with E-state index in [1.807, 2.05) is 0 Å². The second-order valence-corrected chi connectivity index (χ2v) is 5.37. The van der Waals surface area contributed by atoms with E-state index in [4.69, 9.17) is 5.73 Å². The summed E-state index contributed by atoms with van der Waals surface area (Å²) in [5, 5.41) is 13.4. The summed E-state index contributed by atoms with van der Waals surface area (Å²) in [6, 6.07) is 0. The van der Waals surface area contributed by atoms with Crippen LogP contribution < -0.4 is 11.1 Å². The van der Waals surface area contributed by atoms with Crippen LogP contribution in [0.1, 0.15) is 40.0 Å². The van der Waals surface area contributed by atoms with Gasteiger partial charge in [0, 0.05) is 6.54 Å². The summed E-state index contributed by atoms with van der Waals surface area (Å²) in [6.45, 7) is 7.56. The van der Waals surface area contributed by atoms with E-state index in [0.29, 0.717) is 24.3 Å². The highest BCUT2D eigenvalue weighted by Crippen LogP contribution is 2.35. The first-order chi connectivity index (χ1) is 7.44. The second kappa shape index (κ2) is 5.53. The Bertz CT molecular complexity index is 253. The van der Waals surface area contributed by atoms with Crippen LogP contribution >= 0.6 is 0 Å². The molecule has 94 valence electrons. The summed E-state index contributed by atoms with van der Waals surface area (Å²) < 4.78 is 0. The van der Waals surface area contributed by atoms with Gasteiger partial charge in [-0.05, 0) is 24.7 Å². The van der Waals surface area contributed by atoms with Gasteiger partial charge in [0.2, 0.25) is 0 Å². The summed E-state index contributed by atoms with van der Waals surface area (Å²) in [5.74, 6) is 1.32. The third-order valence-electron chi connectivity index (χ3n) is 3.38. The molecule has 4 heteroatoms. The fourth-order valence-corrected chi connectivity index (χ4v) is 2.05. The van der Waals surface area contributed by atoms with Gasteiger partial charge in [-0.1, -0.05) is 27.2 Å². The Morgan fingerprint density at radius 2 is 2.31 bits per heavy atom. The van der Waals surface area contributed by atoms with Crippen molar-refractivity contribution in [1.29, 1.82) is 0 Å². The van der Waals surface area contributed by atoms with Crippen LogP contribution in [0.3, 0.4) is 0 Å². The highest BCUT2D eigenvalue weighted by Gasteiger charge is 2.37. The fraction of sp³-hybridized carbons (Fsp3) is 0.917. The molecule has 16 heavy (non-hydrogen) atoms. The predicted molar refractivity (Wildman–Crippen MR) is 67.3 cm³/mol. The molecule has 1 aliphatic rings. The van der Waals surface area contributed by atoms with E-state index in [2.05, 4.69) is 31.1 Å². The minimum Gasteiger partial charge on any atom is -0.388 e. The minimum atomic E-state index is -0.635. The predicted octanol–water partition coefficient (Wildman–Crippen LogP) is 1.10. The van der Waals surface area contributed by atoms with Crippen LogP contribution in [0.5, 0.6) is 0 Å². The van der Waals surface area contributed by atoms with Crippen molar-refractivity contribution < 1.29 is 5.11 Å². The van der Waals surface area contributed by atoms with Gasteiger partial charge in [-0.3, -0.25) is 4.99 Å². The number of nitrogens with one attached hydrogen (secondary N) is 1. The molecule has 1 fully saturated rings. The molecule has 0 aromatic rings. The summed E-state index contributed by atoms with van der Waals surface area (Å²) in [5.41, 5.74) is 5.10. The van der Waals surface area contributed by atoms with Crippen LogP contribution in [-0.2, 0) is 0 Å². The second-order valence-electron chi connectivity index (χ2n) is 5.37. The molecule has 2 unspecified atom stereocenters. The quantitative estimate of drug-likeness (QED) is 0.497. The Morgan fingerprint density at radius 1 is 1.62 bits per heavy atom. The van der Waals surface area contributed by atoms with E-state index in [-0.39, 0.29) is 0 Å². The topological polar surface area (TPSA) is 70.6 Å². The highest BCUT2D eigenvalue weighted by molar-refractivity contribution is 5.77. The van der Waals surface area contributed by atoms with Crippen LogP contribution in [0.4, 0.5) is 0 Å². The lowest BCUT2D eigenvalue weighted by Crippen LogP contribution is -2.39. The number of aliphatic hydroxyl groups is 1. The van der Waals surface area contributed by atoms with Crippen LogP contribution in [0.15, 0.2) is 4.99 Å². The third-order valence-corrected chi connectivity index (χ3v) is 3.38. The molecule has 0 saturated heterocycles. The van der Waals surface area contributed by atoms with Crippen molar-refractivity contribution in [3.63, 3.8) is 0 Å². The van der Waals surface area contributed by atoms with Crippen molar-refractivity contribution in [2.45, 2.75) is 45.6 Å². The van der Waals surface area contributed by atoms with Gasteiger partial charge in [0.05, 0.1) is 12.1 Å². The molecule has 0 bridgehead atoms.